The fraction of sp³-hybridized carbons (Fsp3) is 0.208. The first-order valence-electron chi connectivity index (χ1n) is 9.88. The van der Waals surface area contributed by atoms with Gasteiger partial charge in [0.25, 0.3) is 0 Å². The molecule has 2 aliphatic heterocycles. The molecule has 0 aliphatic carbocycles. The summed E-state index contributed by atoms with van der Waals surface area (Å²) in [6.07, 6.45) is -0.153. The number of carbonyl (C=O) groups excluding carboxylic acids is 1. The number of esters is 1. The van der Waals surface area contributed by atoms with E-state index in [4.69, 9.17) is 4.74 Å². The number of allylic oxidation sites excluding steroid dienone is 1. The quantitative estimate of drug-likeness (QED) is 0.659. The average Bonchev–Trinajstić information content (AvgIpc) is 3.13. The van der Waals surface area contributed by atoms with Crippen LogP contribution < -0.4 is 0 Å². The first-order valence-corrected chi connectivity index (χ1v) is 10.8. The predicted molar refractivity (Wildman–Crippen MR) is 120 cm³/mol. The van der Waals surface area contributed by atoms with Crippen LogP contribution in [0.5, 0.6) is 0 Å². The van der Waals surface area contributed by atoms with E-state index in [9.17, 15) is 14.7 Å². The molecule has 2 aliphatic rings. The van der Waals surface area contributed by atoms with Crippen LogP contribution in [0.2, 0.25) is 0 Å². The molecule has 2 heterocycles. The Balaban J connectivity index is 1.73. The average molecular weight is 435 g/mol. The Hall–Kier alpha value is -3.32. The van der Waals surface area contributed by atoms with Gasteiger partial charge in [0.15, 0.2) is 5.17 Å². The number of hydrogen-bond donors (Lipinski definition) is 1. The number of nitrogens with zero attached hydrogens (tertiary/aromatic N) is 2. The van der Waals surface area contributed by atoms with Crippen molar-refractivity contribution in [2.45, 2.75) is 32.9 Å². The molecule has 0 radical (unpaired) electrons. The molecule has 0 saturated heterocycles. The minimum absolute atomic E-state index is 0.153. The number of aryl methyl sites for hydroxylation is 1. The Bertz CT molecular complexity index is 1120. The van der Waals surface area contributed by atoms with E-state index in [2.05, 4.69) is 4.99 Å². The van der Waals surface area contributed by atoms with E-state index in [-0.39, 0.29) is 13.0 Å². The molecule has 1 unspecified atom stereocenters. The number of rotatable bonds is 6. The monoisotopic (exact) mass is 434 g/mol. The van der Waals surface area contributed by atoms with Crippen LogP contribution in [0.1, 0.15) is 36.1 Å². The normalized spacial score (nSPS) is 17.7. The van der Waals surface area contributed by atoms with Crippen molar-refractivity contribution in [1.29, 1.82) is 0 Å². The zero-order valence-corrected chi connectivity index (χ0v) is 18.1. The second-order valence-electron chi connectivity index (χ2n) is 7.38. The molecule has 1 atom stereocenters. The predicted octanol–water partition coefficient (Wildman–Crippen LogP) is 4.79. The maximum absolute atomic E-state index is 13.3. The van der Waals surface area contributed by atoms with Crippen molar-refractivity contribution in [2.24, 2.45) is 4.99 Å². The van der Waals surface area contributed by atoms with Gasteiger partial charge in [-0.3, -0.25) is 4.79 Å². The van der Waals surface area contributed by atoms with Gasteiger partial charge in [-0.1, -0.05) is 66.4 Å². The van der Waals surface area contributed by atoms with Crippen LogP contribution >= 0.6 is 11.8 Å². The van der Waals surface area contributed by atoms with E-state index < -0.39 is 18.0 Å². The first kappa shape index (κ1) is 20.9. The summed E-state index contributed by atoms with van der Waals surface area (Å²) in [6, 6.07) is 16.8. The van der Waals surface area contributed by atoms with Crippen LogP contribution in [0.15, 0.2) is 82.0 Å². The summed E-state index contributed by atoms with van der Waals surface area (Å²) in [5, 5.41) is 11.9. The number of carbonyl (C=O) groups is 2. The number of ether oxygens (including phenoxy) is 1. The molecule has 1 N–H and O–H groups in total. The van der Waals surface area contributed by atoms with Crippen molar-refractivity contribution in [1.82, 2.24) is 4.90 Å². The highest BCUT2D eigenvalue weighted by Crippen LogP contribution is 2.45. The van der Waals surface area contributed by atoms with Gasteiger partial charge in [-0.2, -0.15) is 0 Å². The van der Waals surface area contributed by atoms with E-state index in [1.165, 1.54) is 11.8 Å². The van der Waals surface area contributed by atoms with Gasteiger partial charge in [0.1, 0.15) is 6.61 Å². The summed E-state index contributed by atoms with van der Waals surface area (Å²) in [6.45, 7) is 3.93. The number of hydrogen-bond acceptors (Lipinski definition) is 6. The van der Waals surface area contributed by atoms with Crippen molar-refractivity contribution in [2.75, 3.05) is 0 Å². The summed E-state index contributed by atoms with van der Waals surface area (Å²) < 4.78 is 5.66. The van der Waals surface area contributed by atoms with E-state index in [1.807, 2.05) is 66.4 Å². The second-order valence-corrected chi connectivity index (χ2v) is 8.22. The third-order valence-electron chi connectivity index (χ3n) is 5.25. The highest BCUT2D eigenvalue weighted by Gasteiger charge is 2.41. The summed E-state index contributed by atoms with van der Waals surface area (Å²) >= 11 is 1.37. The van der Waals surface area contributed by atoms with Gasteiger partial charge in [0.2, 0.25) is 0 Å². The van der Waals surface area contributed by atoms with Crippen molar-refractivity contribution in [3.05, 3.63) is 93.7 Å². The first-order chi connectivity index (χ1) is 15.0. The lowest BCUT2D eigenvalue weighted by Gasteiger charge is -2.36. The molecule has 0 saturated carbocycles. The molecule has 158 valence electrons. The van der Waals surface area contributed by atoms with Gasteiger partial charge in [-0.25, -0.2) is 9.79 Å². The fourth-order valence-electron chi connectivity index (χ4n) is 3.77. The molecule has 6 nitrogen and oxygen atoms in total. The van der Waals surface area contributed by atoms with Gasteiger partial charge in [0, 0.05) is 5.70 Å². The SMILES string of the molecule is CC1=C(C(=O)OCc2ccccc2)C(c2ccccc2C)N2C(CC(=O)O)=CSC2=N1. The molecule has 2 aromatic carbocycles. The van der Waals surface area contributed by atoms with Gasteiger partial charge in [-0.05, 0) is 35.9 Å². The smallest absolute Gasteiger partial charge is 0.338 e. The van der Waals surface area contributed by atoms with Crippen molar-refractivity contribution in [3.8, 4) is 0 Å². The summed E-state index contributed by atoms with van der Waals surface area (Å²) in [4.78, 5) is 31.2. The molecule has 0 bridgehead atoms. The highest BCUT2D eigenvalue weighted by atomic mass is 32.2. The number of carboxylic acids is 1. The molecule has 0 amide bonds. The third-order valence-corrected chi connectivity index (χ3v) is 6.14. The van der Waals surface area contributed by atoms with Gasteiger partial charge < -0.3 is 14.7 Å². The summed E-state index contributed by atoms with van der Waals surface area (Å²) in [5.74, 6) is -1.39. The number of carboxylic acid groups (broad SMARTS) is 1. The molecule has 2 aromatic rings. The molecular weight excluding hydrogens is 412 g/mol. The zero-order chi connectivity index (χ0) is 22.0. The molecule has 7 heteroatoms. The van der Waals surface area contributed by atoms with Gasteiger partial charge >= 0.3 is 11.9 Å². The number of aliphatic imine (C=N–C) groups is 1. The Morgan fingerprint density at radius 1 is 1.10 bits per heavy atom. The Kier molecular flexibility index (Phi) is 5.95. The van der Waals surface area contributed by atoms with Gasteiger partial charge in [-0.15, -0.1) is 0 Å². The number of fused-ring (bicyclic) bond motifs is 1. The standard InChI is InChI=1S/C24H22N2O4S/c1-15-8-6-7-11-19(15)22-21(23(29)30-13-17-9-4-3-5-10-17)16(2)25-24-26(22)18(14-31-24)12-20(27)28/h3-11,14,22H,12-13H2,1-2H3,(H,27,28). The van der Waals surface area contributed by atoms with Crippen molar-refractivity contribution >= 4 is 28.9 Å². The van der Waals surface area contributed by atoms with Crippen LogP contribution in [0.4, 0.5) is 0 Å². The number of thioether (sulfide) groups is 1. The van der Waals surface area contributed by atoms with Crippen LogP contribution in [0, 0.1) is 6.92 Å². The summed E-state index contributed by atoms with van der Waals surface area (Å²) in [5.41, 5.74) is 4.42. The Morgan fingerprint density at radius 3 is 2.52 bits per heavy atom. The minimum Gasteiger partial charge on any atom is -0.481 e. The van der Waals surface area contributed by atoms with E-state index in [1.54, 1.807) is 12.3 Å². The Morgan fingerprint density at radius 2 is 1.81 bits per heavy atom. The van der Waals surface area contributed by atoms with Crippen LogP contribution in [0.3, 0.4) is 0 Å². The molecule has 0 fully saturated rings. The molecule has 0 spiro atoms. The highest BCUT2D eigenvalue weighted by molar-refractivity contribution is 8.16. The maximum Gasteiger partial charge on any atom is 0.338 e. The van der Waals surface area contributed by atoms with Crippen molar-refractivity contribution < 1.29 is 19.4 Å². The lowest BCUT2D eigenvalue weighted by atomic mass is 9.91. The fourth-order valence-corrected chi connectivity index (χ4v) is 4.74. The molecule has 4 rings (SSSR count). The van der Waals surface area contributed by atoms with E-state index in [0.29, 0.717) is 22.1 Å². The second kappa shape index (κ2) is 8.81. The van der Waals surface area contributed by atoms with E-state index in [0.717, 1.165) is 16.7 Å². The van der Waals surface area contributed by atoms with Crippen LogP contribution in [0.25, 0.3) is 0 Å². The minimum atomic E-state index is -0.934. The maximum atomic E-state index is 13.3. The molecule has 0 aromatic heterocycles. The van der Waals surface area contributed by atoms with Crippen LogP contribution in [-0.4, -0.2) is 27.1 Å². The largest absolute Gasteiger partial charge is 0.481 e. The number of benzene rings is 2. The van der Waals surface area contributed by atoms with Crippen LogP contribution in [-0.2, 0) is 20.9 Å². The van der Waals surface area contributed by atoms with Crippen molar-refractivity contribution in [3.63, 3.8) is 0 Å². The van der Waals surface area contributed by atoms with Gasteiger partial charge in [0.05, 0.1) is 23.7 Å². The Labute approximate surface area is 184 Å². The lowest BCUT2D eigenvalue weighted by Crippen LogP contribution is -2.37. The molecular formula is C24H22N2O4S. The lowest BCUT2D eigenvalue weighted by molar-refractivity contribution is -0.141. The number of amidine groups is 1. The third kappa shape index (κ3) is 4.27. The number of aliphatic carboxylic acids is 1. The summed E-state index contributed by atoms with van der Waals surface area (Å²) in [7, 11) is 0. The zero-order valence-electron chi connectivity index (χ0n) is 17.2. The molecule has 31 heavy (non-hydrogen) atoms. The van der Waals surface area contributed by atoms with E-state index >= 15 is 0 Å². The topological polar surface area (TPSA) is 79.2 Å².